The first-order valence-corrected chi connectivity index (χ1v) is 13.0. The van der Waals surface area contributed by atoms with Crippen molar-refractivity contribution in [2.45, 2.75) is 19.3 Å². The molecule has 2 atom stereocenters. The molecule has 0 heterocycles. The summed E-state index contributed by atoms with van der Waals surface area (Å²) in [6.07, 6.45) is 17.3. The predicted molar refractivity (Wildman–Crippen MR) is 160 cm³/mol. The second-order valence-corrected chi connectivity index (χ2v) is 10.1. The molecule has 3 aromatic rings. The van der Waals surface area contributed by atoms with E-state index in [0.717, 1.165) is 16.7 Å². The molecule has 0 saturated heterocycles. The number of rotatable bonds is 0. The molecule has 3 aromatic carbocycles. The van der Waals surface area contributed by atoms with Gasteiger partial charge in [0, 0.05) is 0 Å². The molecule has 2 aliphatic rings. The largest absolute Gasteiger partial charge is 0.0952 e. The second-order valence-electron chi connectivity index (χ2n) is 10.1. The molecule has 0 bridgehead atoms. The van der Waals surface area contributed by atoms with Gasteiger partial charge in [-0.05, 0) is 61.9 Å². The van der Waals surface area contributed by atoms with Crippen LogP contribution in [0.4, 0.5) is 0 Å². The molecule has 182 valence electrons. The summed E-state index contributed by atoms with van der Waals surface area (Å²) < 4.78 is 0. The molecule has 37 heavy (non-hydrogen) atoms. The summed E-state index contributed by atoms with van der Waals surface area (Å²) in [6.45, 7) is 18.1. The van der Waals surface area contributed by atoms with Gasteiger partial charge < -0.3 is 0 Å². The van der Waals surface area contributed by atoms with Crippen LogP contribution in [0.3, 0.4) is 0 Å². The molecule has 0 aromatic heterocycles. The lowest BCUT2D eigenvalue weighted by atomic mass is 9.63. The highest BCUT2D eigenvalue weighted by Gasteiger charge is 2.43. The zero-order chi connectivity index (χ0) is 26.0. The number of hydrogen-bond donors (Lipinski definition) is 0. The van der Waals surface area contributed by atoms with Crippen molar-refractivity contribution in [2.75, 3.05) is 0 Å². The average Bonchev–Trinajstić information content (AvgIpc) is 3.04. The minimum absolute atomic E-state index is 0.258. The van der Waals surface area contributed by atoms with Crippen molar-refractivity contribution in [3.05, 3.63) is 169 Å². The Morgan fingerprint density at radius 1 is 0.541 bits per heavy atom. The van der Waals surface area contributed by atoms with Crippen LogP contribution in [0, 0.1) is 11.8 Å². The van der Waals surface area contributed by atoms with E-state index in [-0.39, 0.29) is 11.8 Å². The number of allylic oxidation sites excluding steroid dienone is 11. The van der Waals surface area contributed by atoms with Gasteiger partial charge >= 0.3 is 0 Å². The smallest absolute Gasteiger partial charge is 0.0702 e. The van der Waals surface area contributed by atoms with Crippen molar-refractivity contribution in [2.24, 2.45) is 11.8 Å². The van der Waals surface area contributed by atoms with Crippen LogP contribution in [0.2, 0.25) is 0 Å². The van der Waals surface area contributed by atoms with E-state index < -0.39 is 5.41 Å². The van der Waals surface area contributed by atoms with E-state index in [1.807, 2.05) is 0 Å². The highest BCUT2D eigenvalue weighted by Crippen LogP contribution is 2.55. The first-order valence-electron chi connectivity index (χ1n) is 13.0. The third kappa shape index (κ3) is 4.23. The summed E-state index contributed by atoms with van der Waals surface area (Å²) in [5.41, 5.74) is 9.74. The first kappa shape index (κ1) is 24.5. The van der Waals surface area contributed by atoms with E-state index in [1.54, 1.807) is 0 Å². The summed E-state index contributed by atoms with van der Waals surface area (Å²) >= 11 is 0. The van der Waals surface area contributed by atoms with Gasteiger partial charge in [-0.1, -0.05) is 155 Å². The molecule has 1 spiro atoms. The maximum atomic E-state index is 4.74. The molecule has 0 N–H and O–H groups in total. The summed E-state index contributed by atoms with van der Waals surface area (Å²) in [4.78, 5) is 0. The van der Waals surface area contributed by atoms with Crippen LogP contribution >= 0.6 is 0 Å². The quantitative estimate of drug-likeness (QED) is 0.282. The van der Waals surface area contributed by atoms with Crippen molar-refractivity contribution in [1.29, 1.82) is 0 Å². The fraction of sp³-hybridized carbons (Fsp3) is 0.135. The monoisotopic (exact) mass is 478 g/mol. The van der Waals surface area contributed by atoms with Crippen molar-refractivity contribution in [1.82, 2.24) is 0 Å². The van der Waals surface area contributed by atoms with Crippen LogP contribution in [-0.2, 0) is 5.41 Å². The van der Waals surface area contributed by atoms with Crippen LogP contribution in [0.5, 0.6) is 0 Å². The molecule has 0 aliphatic heterocycles. The molecule has 0 amide bonds. The molecule has 2 aliphatic carbocycles. The van der Waals surface area contributed by atoms with E-state index in [9.17, 15) is 0 Å². The van der Waals surface area contributed by atoms with Gasteiger partial charge in [0.2, 0.25) is 0 Å². The van der Waals surface area contributed by atoms with Crippen molar-refractivity contribution in [3.63, 3.8) is 0 Å². The maximum absolute atomic E-state index is 4.74. The fourth-order valence-corrected chi connectivity index (χ4v) is 5.64. The highest BCUT2D eigenvalue weighted by molar-refractivity contribution is 5.92. The Kier molecular flexibility index (Phi) is 6.68. The van der Waals surface area contributed by atoms with Crippen molar-refractivity contribution < 1.29 is 0 Å². The van der Waals surface area contributed by atoms with Crippen LogP contribution in [-0.4, -0.2) is 0 Å². The average molecular weight is 479 g/mol. The van der Waals surface area contributed by atoms with E-state index >= 15 is 0 Å². The lowest BCUT2D eigenvalue weighted by molar-refractivity contribution is 0.752. The van der Waals surface area contributed by atoms with Gasteiger partial charge in [0.1, 0.15) is 0 Å². The molecule has 0 nitrogen and oxygen atoms in total. The Labute approximate surface area is 222 Å². The highest BCUT2D eigenvalue weighted by atomic mass is 14.4. The van der Waals surface area contributed by atoms with Gasteiger partial charge in [0.25, 0.3) is 0 Å². The normalized spacial score (nSPS) is 24.1. The molecular weight excluding hydrogens is 444 g/mol. The third-order valence-corrected chi connectivity index (χ3v) is 7.74. The number of benzene rings is 3. The molecule has 0 saturated carbocycles. The Morgan fingerprint density at radius 3 is 1.62 bits per heavy atom. The summed E-state index contributed by atoms with van der Waals surface area (Å²) in [5.74, 6) is 0.536. The SMILES string of the molecule is C=C1/C=C\C=C/C(=C)C2(C(=C)/C=C\C(C)/C=C\C1C)c1ccccc1-c1ccccc1-c1ccccc12. The van der Waals surface area contributed by atoms with Gasteiger partial charge in [-0.25, -0.2) is 0 Å². The minimum atomic E-state index is -0.634. The minimum Gasteiger partial charge on any atom is -0.0952 e. The number of fused-ring (bicyclic) bond motifs is 7. The molecule has 0 radical (unpaired) electrons. The lowest BCUT2D eigenvalue weighted by Crippen LogP contribution is -2.31. The second kappa shape index (κ2) is 10.1. The fourth-order valence-electron chi connectivity index (χ4n) is 5.64. The van der Waals surface area contributed by atoms with Crippen LogP contribution < -0.4 is 0 Å². The Hall–Kier alpha value is -4.16. The van der Waals surface area contributed by atoms with Crippen LogP contribution in [0.15, 0.2) is 158 Å². The molecule has 0 heteroatoms. The van der Waals surface area contributed by atoms with Crippen LogP contribution in [0.25, 0.3) is 22.3 Å². The molecule has 0 fully saturated rings. The Bertz CT molecular complexity index is 1430. The van der Waals surface area contributed by atoms with Crippen molar-refractivity contribution >= 4 is 0 Å². The third-order valence-electron chi connectivity index (χ3n) is 7.74. The van der Waals surface area contributed by atoms with Crippen LogP contribution in [0.1, 0.15) is 25.0 Å². The Balaban J connectivity index is 1.86. The molecule has 5 rings (SSSR count). The maximum Gasteiger partial charge on any atom is 0.0702 e. The first-order chi connectivity index (χ1) is 17.9. The topological polar surface area (TPSA) is 0 Å². The van der Waals surface area contributed by atoms with Gasteiger partial charge in [0.15, 0.2) is 0 Å². The zero-order valence-corrected chi connectivity index (χ0v) is 21.8. The van der Waals surface area contributed by atoms with Gasteiger partial charge in [-0.2, -0.15) is 0 Å². The lowest BCUT2D eigenvalue weighted by Gasteiger charge is -2.38. The molecular formula is C37H34. The number of hydrogen-bond acceptors (Lipinski definition) is 0. The van der Waals surface area contributed by atoms with Gasteiger partial charge in [0.05, 0.1) is 5.41 Å². The van der Waals surface area contributed by atoms with E-state index in [0.29, 0.717) is 0 Å². The van der Waals surface area contributed by atoms with E-state index in [1.165, 1.54) is 33.4 Å². The molecule has 2 unspecified atom stereocenters. The van der Waals surface area contributed by atoms with E-state index in [2.05, 4.69) is 142 Å². The summed E-state index contributed by atoms with van der Waals surface area (Å²) in [7, 11) is 0. The summed E-state index contributed by atoms with van der Waals surface area (Å²) in [5, 5.41) is 0. The van der Waals surface area contributed by atoms with E-state index in [4.69, 9.17) is 13.2 Å². The van der Waals surface area contributed by atoms with Gasteiger partial charge in [-0.15, -0.1) is 0 Å². The Morgan fingerprint density at radius 2 is 1.03 bits per heavy atom. The zero-order valence-electron chi connectivity index (χ0n) is 21.8. The van der Waals surface area contributed by atoms with Crippen molar-refractivity contribution in [3.8, 4) is 22.3 Å². The predicted octanol–water partition coefficient (Wildman–Crippen LogP) is 9.80. The standard InChI is InChI=1S/C37H34/c1-26-22-24-28(3)27(2)14-6-7-15-29(4)37(30(5)25-23-26)35-20-12-10-18-33(35)31-16-8-9-17-32(31)34-19-11-13-21-36(34)37/h6-26,28H,2,4-5H2,1,3H3/b14-6-,15-7-,24-22-,25-23-. The van der Waals surface area contributed by atoms with Gasteiger partial charge in [-0.3, -0.25) is 0 Å². The summed E-state index contributed by atoms with van der Waals surface area (Å²) in [6, 6.07) is 26.2.